The van der Waals surface area contributed by atoms with Gasteiger partial charge in [0.2, 0.25) is 12.1 Å². The molecule has 0 amide bonds. The van der Waals surface area contributed by atoms with Crippen LogP contribution in [0.3, 0.4) is 0 Å². The molecule has 0 aromatic carbocycles. The van der Waals surface area contributed by atoms with E-state index in [9.17, 15) is 9.36 Å². The Morgan fingerprint density at radius 3 is 2.07 bits per heavy atom. The standard InChI is InChI=1S/C5H11O9P/c6-1-2(7)3(8)4(9)5(10)14-15(11,12)13/h2-3,5-8,10H,1H2,(H2,11,12,13). The second-order valence-electron chi connectivity index (χ2n) is 2.55. The first-order chi connectivity index (χ1) is 6.69. The Balaban J connectivity index is 4.38. The van der Waals surface area contributed by atoms with Crippen LogP contribution in [0.15, 0.2) is 0 Å². The molecular formula is C5H11O9P. The third-order valence-electron chi connectivity index (χ3n) is 1.32. The zero-order chi connectivity index (χ0) is 12.2. The molecule has 90 valence electrons. The number of rotatable bonds is 6. The van der Waals surface area contributed by atoms with Crippen molar-refractivity contribution in [3.8, 4) is 0 Å². The van der Waals surface area contributed by atoms with Gasteiger partial charge < -0.3 is 30.2 Å². The van der Waals surface area contributed by atoms with Crippen LogP contribution in [0.25, 0.3) is 0 Å². The molecule has 0 aliphatic rings. The molecule has 15 heavy (non-hydrogen) atoms. The summed E-state index contributed by atoms with van der Waals surface area (Å²) in [5.41, 5.74) is 0. The van der Waals surface area contributed by atoms with Gasteiger partial charge in [-0.15, -0.1) is 0 Å². The summed E-state index contributed by atoms with van der Waals surface area (Å²) in [6, 6.07) is 0. The van der Waals surface area contributed by atoms with Gasteiger partial charge in [0.1, 0.15) is 12.2 Å². The number of phosphoric ester groups is 1. The molecule has 3 unspecified atom stereocenters. The van der Waals surface area contributed by atoms with Crippen molar-refractivity contribution in [1.29, 1.82) is 0 Å². The number of hydrogen-bond acceptors (Lipinski definition) is 7. The van der Waals surface area contributed by atoms with Crippen LogP contribution in [0.2, 0.25) is 0 Å². The summed E-state index contributed by atoms with van der Waals surface area (Å²) in [6.45, 7) is -0.963. The Hall–Kier alpha value is -0.380. The number of carbonyl (C=O) groups is 1. The largest absolute Gasteiger partial charge is 0.472 e. The Kier molecular flexibility index (Phi) is 5.49. The molecule has 0 aliphatic carbocycles. The second-order valence-corrected chi connectivity index (χ2v) is 3.74. The molecule has 0 aromatic heterocycles. The Morgan fingerprint density at radius 1 is 1.27 bits per heavy atom. The lowest BCUT2D eigenvalue weighted by Gasteiger charge is -2.18. The van der Waals surface area contributed by atoms with Gasteiger partial charge >= 0.3 is 7.82 Å². The lowest BCUT2D eigenvalue weighted by atomic mass is 10.1. The number of aliphatic hydroxyl groups is 4. The molecule has 0 saturated carbocycles. The lowest BCUT2D eigenvalue weighted by molar-refractivity contribution is -0.159. The number of Topliss-reactive ketones (excluding diaryl/α,β-unsaturated/α-hetero) is 1. The van der Waals surface area contributed by atoms with Crippen molar-refractivity contribution in [3.63, 3.8) is 0 Å². The first-order valence-corrected chi connectivity index (χ1v) is 5.15. The van der Waals surface area contributed by atoms with E-state index in [4.69, 9.17) is 30.2 Å². The van der Waals surface area contributed by atoms with Crippen LogP contribution < -0.4 is 0 Å². The molecule has 9 nitrogen and oxygen atoms in total. The van der Waals surface area contributed by atoms with Gasteiger partial charge in [-0.3, -0.25) is 4.79 Å². The molecule has 0 aromatic rings. The van der Waals surface area contributed by atoms with Crippen molar-refractivity contribution in [1.82, 2.24) is 0 Å². The third-order valence-corrected chi connectivity index (χ3v) is 1.80. The highest BCUT2D eigenvalue weighted by molar-refractivity contribution is 7.46. The van der Waals surface area contributed by atoms with Crippen molar-refractivity contribution in [2.45, 2.75) is 18.5 Å². The molecule has 0 aliphatic heterocycles. The van der Waals surface area contributed by atoms with Crippen LogP contribution in [-0.2, 0) is 13.9 Å². The van der Waals surface area contributed by atoms with Crippen LogP contribution in [0.4, 0.5) is 0 Å². The Morgan fingerprint density at radius 2 is 1.73 bits per heavy atom. The summed E-state index contributed by atoms with van der Waals surface area (Å²) in [7, 11) is -5.08. The monoisotopic (exact) mass is 246 g/mol. The highest BCUT2D eigenvalue weighted by Gasteiger charge is 2.33. The van der Waals surface area contributed by atoms with Crippen molar-refractivity contribution in [2.24, 2.45) is 0 Å². The first kappa shape index (κ1) is 14.6. The van der Waals surface area contributed by atoms with Gasteiger partial charge in [-0.25, -0.2) is 9.09 Å². The van der Waals surface area contributed by atoms with Gasteiger partial charge in [-0.05, 0) is 0 Å². The molecule has 6 N–H and O–H groups in total. The van der Waals surface area contributed by atoms with Crippen molar-refractivity contribution in [2.75, 3.05) is 6.61 Å². The van der Waals surface area contributed by atoms with Gasteiger partial charge in [0.25, 0.3) is 0 Å². The fourth-order valence-corrected chi connectivity index (χ4v) is 0.982. The molecule has 0 rings (SSSR count). The fourth-order valence-electron chi connectivity index (χ4n) is 0.618. The van der Waals surface area contributed by atoms with Crippen LogP contribution >= 0.6 is 7.82 Å². The molecule has 10 heteroatoms. The van der Waals surface area contributed by atoms with E-state index in [1.165, 1.54) is 0 Å². The van der Waals surface area contributed by atoms with Crippen molar-refractivity contribution >= 4 is 13.6 Å². The van der Waals surface area contributed by atoms with Crippen molar-refractivity contribution in [3.05, 3.63) is 0 Å². The zero-order valence-corrected chi connectivity index (χ0v) is 8.19. The van der Waals surface area contributed by atoms with Gasteiger partial charge in [-0.1, -0.05) is 0 Å². The molecule has 0 heterocycles. The van der Waals surface area contributed by atoms with Gasteiger partial charge in [-0.2, -0.15) is 0 Å². The van der Waals surface area contributed by atoms with E-state index in [0.29, 0.717) is 0 Å². The van der Waals surface area contributed by atoms with Gasteiger partial charge in [0.05, 0.1) is 6.61 Å². The SMILES string of the molecule is O=C(C(O)OP(=O)(O)O)C(O)C(O)CO. The Labute approximate surface area is 83.8 Å². The average Bonchev–Trinajstić information content (AvgIpc) is 2.11. The van der Waals surface area contributed by atoms with Gasteiger partial charge in [0, 0.05) is 0 Å². The molecule has 0 bridgehead atoms. The third kappa shape index (κ3) is 5.30. The average molecular weight is 246 g/mol. The van der Waals surface area contributed by atoms with E-state index in [2.05, 4.69) is 4.52 Å². The quantitative estimate of drug-likeness (QED) is 0.208. The van der Waals surface area contributed by atoms with Crippen LogP contribution in [-0.4, -0.2) is 61.1 Å². The molecule has 0 fully saturated rings. The zero-order valence-electron chi connectivity index (χ0n) is 7.29. The molecular weight excluding hydrogens is 235 g/mol. The summed E-state index contributed by atoms with van der Waals surface area (Å²) in [5.74, 6) is -1.57. The summed E-state index contributed by atoms with van der Waals surface area (Å²) >= 11 is 0. The lowest BCUT2D eigenvalue weighted by Crippen LogP contribution is -2.42. The second kappa shape index (κ2) is 5.64. The number of carbonyl (C=O) groups excluding carboxylic acids is 1. The van der Waals surface area contributed by atoms with E-state index in [1.54, 1.807) is 0 Å². The number of ketones is 1. The predicted molar refractivity (Wildman–Crippen MR) is 43.2 cm³/mol. The smallest absolute Gasteiger partial charge is 0.394 e. The maximum Gasteiger partial charge on any atom is 0.472 e. The van der Waals surface area contributed by atoms with E-state index in [-0.39, 0.29) is 0 Å². The van der Waals surface area contributed by atoms with Crippen LogP contribution in [0.5, 0.6) is 0 Å². The maximum atomic E-state index is 10.9. The topological polar surface area (TPSA) is 165 Å². The molecule has 0 spiro atoms. The summed E-state index contributed by atoms with van der Waals surface area (Å²) in [4.78, 5) is 27.3. The van der Waals surface area contributed by atoms with Crippen LogP contribution in [0, 0.1) is 0 Å². The number of hydrogen-bond donors (Lipinski definition) is 6. The maximum absolute atomic E-state index is 10.9. The summed E-state index contributed by atoms with van der Waals surface area (Å²) in [6.07, 6.45) is -6.65. The molecule has 0 radical (unpaired) electrons. The molecule has 0 saturated heterocycles. The van der Waals surface area contributed by atoms with E-state index in [0.717, 1.165) is 0 Å². The van der Waals surface area contributed by atoms with E-state index in [1.807, 2.05) is 0 Å². The number of phosphoric acid groups is 1. The van der Waals surface area contributed by atoms with Crippen LogP contribution in [0.1, 0.15) is 0 Å². The van der Waals surface area contributed by atoms with E-state index < -0.39 is 38.7 Å². The Bertz CT molecular complexity index is 259. The van der Waals surface area contributed by atoms with E-state index >= 15 is 0 Å². The summed E-state index contributed by atoms with van der Waals surface area (Å²) in [5, 5.41) is 34.7. The normalized spacial score (nSPS) is 18.3. The summed E-state index contributed by atoms with van der Waals surface area (Å²) < 4.78 is 13.7. The minimum absolute atomic E-state index is 0.963. The number of aliphatic hydroxyl groups excluding tert-OH is 4. The highest BCUT2D eigenvalue weighted by Crippen LogP contribution is 2.37. The van der Waals surface area contributed by atoms with Crippen molar-refractivity contribution < 1.29 is 44.1 Å². The predicted octanol–water partition coefficient (Wildman–Crippen LogP) is -3.30. The minimum Gasteiger partial charge on any atom is -0.394 e. The fraction of sp³-hybridized carbons (Fsp3) is 0.800. The highest BCUT2D eigenvalue weighted by atomic mass is 31.2. The molecule has 3 atom stereocenters. The minimum atomic E-state index is -5.08. The first-order valence-electron chi connectivity index (χ1n) is 3.61. The van der Waals surface area contributed by atoms with Gasteiger partial charge in [0.15, 0.2) is 0 Å².